The SMILES string of the molecule is CCCCCCCCCCCCCCCCCCCCCCCCCCC=CC1=C(c2cccc(CCCC)c2)[N+](=[N-])C(c2cccc(CCCC)c2)=C1CCCCCCCC. The number of hydrogen-bond donors (Lipinski definition) is 0. The third-order valence-electron chi connectivity index (χ3n) is 13.6. The van der Waals surface area contributed by atoms with Gasteiger partial charge in [0, 0.05) is 16.7 Å². The first kappa shape index (κ1) is 53.6. The summed E-state index contributed by atoms with van der Waals surface area (Å²) >= 11 is 0. The van der Waals surface area contributed by atoms with E-state index in [0.717, 1.165) is 54.6 Å². The molecule has 0 saturated carbocycles. The first-order chi connectivity index (χ1) is 30.6. The van der Waals surface area contributed by atoms with Crippen LogP contribution in [0.3, 0.4) is 0 Å². The van der Waals surface area contributed by atoms with Gasteiger partial charge in [-0.15, -0.1) is 0 Å². The van der Waals surface area contributed by atoms with Gasteiger partial charge < -0.3 is 5.53 Å². The van der Waals surface area contributed by atoms with Gasteiger partial charge in [-0.05, 0) is 86.8 Å². The minimum atomic E-state index is 0.967. The second kappa shape index (κ2) is 36.6. The molecule has 2 aromatic rings. The van der Waals surface area contributed by atoms with E-state index in [1.807, 2.05) is 0 Å². The maximum absolute atomic E-state index is 12.3. The summed E-state index contributed by atoms with van der Waals surface area (Å²) in [6.45, 7) is 9.14. The van der Waals surface area contributed by atoms with E-state index in [0.29, 0.717) is 0 Å². The fourth-order valence-corrected chi connectivity index (χ4v) is 9.65. The van der Waals surface area contributed by atoms with Crippen LogP contribution in [0.5, 0.6) is 0 Å². The second-order valence-electron chi connectivity index (χ2n) is 19.3. The molecular weight excluding hydrogens is 749 g/mol. The molecule has 2 aromatic carbocycles. The summed E-state index contributed by atoms with van der Waals surface area (Å²) in [5, 5.41) is 0. The molecule has 1 aliphatic heterocycles. The average Bonchev–Trinajstić information content (AvgIpc) is 3.57. The van der Waals surface area contributed by atoms with Crippen LogP contribution in [-0.2, 0) is 12.8 Å². The van der Waals surface area contributed by atoms with Gasteiger partial charge >= 0.3 is 0 Å². The molecule has 0 bridgehead atoms. The van der Waals surface area contributed by atoms with Crippen LogP contribution in [0.1, 0.15) is 281 Å². The lowest BCUT2D eigenvalue weighted by molar-refractivity contribution is -0.345. The molecule has 348 valence electrons. The minimum absolute atomic E-state index is 0.967. The second-order valence-corrected chi connectivity index (χ2v) is 19.3. The molecule has 0 fully saturated rings. The summed E-state index contributed by atoms with van der Waals surface area (Å²) in [6.07, 6.45) is 55.8. The molecule has 62 heavy (non-hydrogen) atoms. The molecule has 0 aliphatic carbocycles. The maximum atomic E-state index is 12.3. The van der Waals surface area contributed by atoms with Crippen molar-refractivity contribution in [1.82, 2.24) is 0 Å². The highest BCUT2D eigenvalue weighted by Crippen LogP contribution is 2.43. The van der Waals surface area contributed by atoms with E-state index in [4.69, 9.17) is 0 Å². The van der Waals surface area contributed by atoms with Crippen molar-refractivity contribution in [2.24, 2.45) is 0 Å². The predicted octanol–water partition coefficient (Wildman–Crippen LogP) is 20.6. The van der Waals surface area contributed by atoms with Crippen LogP contribution >= 0.6 is 0 Å². The number of unbranched alkanes of at least 4 members (excludes halogenated alkanes) is 31. The van der Waals surface area contributed by atoms with Crippen molar-refractivity contribution in [2.75, 3.05) is 0 Å². The van der Waals surface area contributed by atoms with Crippen molar-refractivity contribution < 1.29 is 4.70 Å². The van der Waals surface area contributed by atoms with Crippen molar-refractivity contribution in [3.63, 3.8) is 0 Å². The zero-order chi connectivity index (χ0) is 44.1. The molecule has 2 nitrogen and oxygen atoms in total. The molecule has 0 radical (unpaired) electrons. The number of allylic oxidation sites excluding steroid dienone is 4. The largest absolute Gasteiger partial charge is 0.493 e. The summed E-state index contributed by atoms with van der Waals surface area (Å²) in [7, 11) is 0. The van der Waals surface area contributed by atoms with Gasteiger partial charge in [0.25, 0.3) is 0 Å². The zero-order valence-electron chi connectivity index (χ0n) is 41.5. The first-order valence-electron chi connectivity index (χ1n) is 27.5. The average molecular weight is 847 g/mol. The molecule has 0 unspecified atom stereocenters. The molecule has 0 amide bonds. The number of hydrogen-bond acceptors (Lipinski definition) is 0. The fraction of sp³-hybridized carbons (Fsp3) is 0.700. The van der Waals surface area contributed by atoms with Gasteiger partial charge in [0.05, 0.1) is 5.57 Å². The molecule has 0 N–H and O–H groups in total. The van der Waals surface area contributed by atoms with Crippen LogP contribution in [0.25, 0.3) is 16.9 Å². The van der Waals surface area contributed by atoms with Gasteiger partial charge in [-0.1, -0.05) is 257 Å². The lowest BCUT2D eigenvalue weighted by Gasteiger charge is -2.11. The quantitative estimate of drug-likeness (QED) is 0.0471. The Morgan fingerprint density at radius 1 is 0.387 bits per heavy atom. The Hall–Kier alpha value is -2.74. The van der Waals surface area contributed by atoms with Crippen LogP contribution in [0, 0.1) is 0 Å². The van der Waals surface area contributed by atoms with Gasteiger partial charge in [-0.25, -0.2) is 4.70 Å². The van der Waals surface area contributed by atoms with Crippen molar-refractivity contribution in [1.29, 1.82) is 0 Å². The van der Waals surface area contributed by atoms with Crippen molar-refractivity contribution in [3.05, 3.63) is 99.6 Å². The monoisotopic (exact) mass is 847 g/mol. The van der Waals surface area contributed by atoms with E-state index in [9.17, 15) is 5.53 Å². The number of benzene rings is 2. The molecule has 3 rings (SSSR count). The molecular formula is C60H98N2. The number of nitrogens with zero attached hydrogens (tertiary/aromatic N) is 2. The number of aryl methyl sites for hydroxylation is 2. The lowest BCUT2D eigenvalue weighted by Crippen LogP contribution is -2.03. The molecule has 0 spiro atoms. The third-order valence-corrected chi connectivity index (χ3v) is 13.6. The van der Waals surface area contributed by atoms with Crippen LogP contribution in [0.15, 0.2) is 71.8 Å². The normalized spacial score (nSPS) is 13.2. The molecule has 1 aliphatic rings. The highest BCUT2D eigenvalue weighted by atomic mass is 15.2. The van der Waals surface area contributed by atoms with E-state index in [1.54, 1.807) is 4.70 Å². The predicted molar refractivity (Wildman–Crippen MR) is 276 cm³/mol. The fourth-order valence-electron chi connectivity index (χ4n) is 9.65. The summed E-state index contributed by atoms with van der Waals surface area (Å²) in [6, 6.07) is 18.0. The Morgan fingerprint density at radius 3 is 1.15 bits per heavy atom. The lowest BCUT2D eigenvalue weighted by atomic mass is 9.93. The van der Waals surface area contributed by atoms with E-state index in [2.05, 4.69) is 88.4 Å². The van der Waals surface area contributed by atoms with Gasteiger partial charge in [0.15, 0.2) is 0 Å². The van der Waals surface area contributed by atoms with Crippen LogP contribution in [-0.4, -0.2) is 4.70 Å². The van der Waals surface area contributed by atoms with E-state index >= 15 is 0 Å². The molecule has 0 saturated heterocycles. The Labute approximate surface area is 385 Å². The van der Waals surface area contributed by atoms with E-state index in [-0.39, 0.29) is 0 Å². The summed E-state index contributed by atoms with van der Waals surface area (Å²) in [5.74, 6) is 0. The van der Waals surface area contributed by atoms with Gasteiger partial charge in [-0.3, -0.25) is 0 Å². The van der Waals surface area contributed by atoms with E-state index < -0.39 is 0 Å². The Balaban J connectivity index is 1.45. The Bertz CT molecular complexity index is 1520. The van der Waals surface area contributed by atoms with Crippen LogP contribution < -0.4 is 0 Å². The maximum Gasteiger partial charge on any atom is 0.215 e. The molecule has 0 atom stereocenters. The first-order valence-corrected chi connectivity index (χ1v) is 27.5. The minimum Gasteiger partial charge on any atom is -0.493 e. The molecule has 2 heteroatoms. The summed E-state index contributed by atoms with van der Waals surface area (Å²) in [4.78, 5) is 0. The smallest absolute Gasteiger partial charge is 0.215 e. The number of rotatable bonds is 41. The molecule has 0 aromatic heterocycles. The highest BCUT2D eigenvalue weighted by Gasteiger charge is 2.34. The van der Waals surface area contributed by atoms with Crippen LogP contribution in [0.2, 0.25) is 0 Å². The zero-order valence-corrected chi connectivity index (χ0v) is 41.5. The van der Waals surface area contributed by atoms with Crippen molar-refractivity contribution in [3.8, 4) is 0 Å². The summed E-state index contributed by atoms with van der Waals surface area (Å²) in [5.41, 5.74) is 21.8. The standard InChI is InChI=1S/C60H98N2/c1-5-9-13-15-17-18-19-20-21-22-23-24-25-26-27-28-29-30-31-32-33-34-35-36-38-40-50-58-57(49-39-37-16-14-10-6-2)59(55-47-41-45-53(51-55)43-11-7-3)62(61)60(58)56-48-42-46-54(52-56)44-12-8-4/h40-42,45-48,50-52H,5-39,43-44,49H2,1-4H3. The Morgan fingerprint density at radius 2 is 0.742 bits per heavy atom. The van der Waals surface area contributed by atoms with Crippen LogP contribution in [0.4, 0.5) is 0 Å². The van der Waals surface area contributed by atoms with Crippen molar-refractivity contribution >= 4 is 11.4 Å². The van der Waals surface area contributed by atoms with E-state index in [1.165, 1.54) is 234 Å². The topological polar surface area (TPSA) is 25.3 Å². The third kappa shape index (κ3) is 22.7. The van der Waals surface area contributed by atoms with Gasteiger partial charge in [0.1, 0.15) is 0 Å². The van der Waals surface area contributed by atoms with Crippen molar-refractivity contribution in [2.45, 2.75) is 272 Å². The highest BCUT2D eigenvalue weighted by molar-refractivity contribution is 5.84. The summed E-state index contributed by atoms with van der Waals surface area (Å²) < 4.78 is 1.57. The van der Waals surface area contributed by atoms with Gasteiger partial charge in [0.2, 0.25) is 11.4 Å². The molecule has 1 heterocycles. The Kier molecular flexibility index (Phi) is 31.6. The van der Waals surface area contributed by atoms with Gasteiger partial charge in [-0.2, -0.15) is 0 Å².